The summed E-state index contributed by atoms with van der Waals surface area (Å²) in [6.45, 7) is -0.0141. The van der Waals surface area contributed by atoms with Gasteiger partial charge in [0.2, 0.25) is 5.89 Å². The summed E-state index contributed by atoms with van der Waals surface area (Å²) in [4.78, 5) is 16.5. The average molecular weight is 379 g/mol. The van der Waals surface area contributed by atoms with E-state index in [1.165, 1.54) is 4.70 Å². The molecule has 7 heteroatoms. The molecule has 0 fully saturated rings. The number of hydrogen-bond donors (Lipinski definition) is 0. The van der Waals surface area contributed by atoms with Gasteiger partial charge in [0.25, 0.3) is 5.89 Å². The molecule has 0 bridgehead atoms. The molecule has 2 aromatic carbocycles. The van der Waals surface area contributed by atoms with Gasteiger partial charge in [-0.1, -0.05) is 30.3 Å². The van der Waals surface area contributed by atoms with Crippen molar-refractivity contribution in [2.45, 2.75) is 25.9 Å². The first kappa shape index (κ1) is 17.4. The Kier molecular flexibility index (Phi) is 5.20. The van der Waals surface area contributed by atoms with Crippen LogP contribution >= 0.6 is 11.3 Å². The van der Waals surface area contributed by atoms with Gasteiger partial charge in [-0.3, -0.25) is 4.79 Å². The van der Waals surface area contributed by atoms with Crippen LogP contribution in [0.1, 0.15) is 23.7 Å². The van der Waals surface area contributed by atoms with Gasteiger partial charge in [-0.05, 0) is 37.1 Å². The first-order valence-electron chi connectivity index (χ1n) is 8.66. The molecule has 0 unspecified atom stereocenters. The van der Waals surface area contributed by atoms with Gasteiger partial charge >= 0.3 is 5.97 Å². The van der Waals surface area contributed by atoms with Crippen LogP contribution in [0.25, 0.3) is 21.7 Å². The Bertz CT molecular complexity index is 1010. The van der Waals surface area contributed by atoms with Crippen molar-refractivity contribution in [3.8, 4) is 11.5 Å². The number of rotatable bonds is 7. The van der Waals surface area contributed by atoms with Crippen LogP contribution in [0.5, 0.6) is 0 Å². The van der Waals surface area contributed by atoms with Gasteiger partial charge in [-0.25, -0.2) is 4.98 Å². The number of nitrogens with zero attached hydrogens (tertiary/aromatic N) is 3. The maximum absolute atomic E-state index is 11.9. The SMILES string of the molecule is O=C(CCCc1nc2ccccc2s1)OCc1nnc(-c2ccccc2)o1. The lowest BCUT2D eigenvalue weighted by molar-refractivity contribution is -0.145. The molecular weight excluding hydrogens is 362 g/mol. The maximum Gasteiger partial charge on any atom is 0.306 e. The molecule has 0 spiro atoms. The second kappa shape index (κ2) is 8.09. The molecular formula is C20H17N3O3S. The molecule has 4 rings (SSSR count). The third kappa shape index (κ3) is 4.38. The Labute approximate surface area is 159 Å². The van der Waals surface area contributed by atoms with E-state index in [2.05, 4.69) is 21.2 Å². The summed E-state index contributed by atoms with van der Waals surface area (Å²) in [5.74, 6) is 0.418. The first-order valence-corrected chi connectivity index (χ1v) is 9.47. The molecule has 0 saturated heterocycles. The van der Waals surface area contributed by atoms with E-state index in [0.29, 0.717) is 18.7 Å². The summed E-state index contributed by atoms with van der Waals surface area (Å²) < 4.78 is 11.9. The quantitative estimate of drug-likeness (QED) is 0.443. The number of carbonyl (C=O) groups is 1. The molecule has 136 valence electrons. The molecule has 0 N–H and O–H groups in total. The fourth-order valence-electron chi connectivity index (χ4n) is 2.63. The van der Waals surface area contributed by atoms with E-state index in [9.17, 15) is 4.79 Å². The Morgan fingerprint density at radius 1 is 1.04 bits per heavy atom. The van der Waals surface area contributed by atoms with Crippen molar-refractivity contribution in [3.63, 3.8) is 0 Å². The number of benzene rings is 2. The topological polar surface area (TPSA) is 78.1 Å². The Morgan fingerprint density at radius 3 is 2.70 bits per heavy atom. The average Bonchev–Trinajstić information content (AvgIpc) is 3.34. The van der Waals surface area contributed by atoms with Gasteiger partial charge in [-0.15, -0.1) is 21.5 Å². The number of hydrogen-bond acceptors (Lipinski definition) is 7. The van der Waals surface area contributed by atoms with Crippen molar-refractivity contribution in [3.05, 3.63) is 65.5 Å². The van der Waals surface area contributed by atoms with Gasteiger partial charge in [0.1, 0.15) is 0 Å². The monoisotopic (exact) mass is 379 g/mol. The number of ether oxygens (including phenoxy) is 1. The molecule has 2 heterocycles. The van der Waals surface area contributed by atoms with Crippen LogP contribution in [0, 0.1) is 0 Å². The zero-order valence-electron chi connectivity index (χ0n) is 14.5. The lowest BCUT2D eigenvalue weighted by Gasteiger charge is -2.01. The summed E-state index contributed by atoms with van der Waals surface area (Å²) in [7, 11) is 0. The number of carbonyl (C=O) groups excluding carboxylic acids is 1. The standard InChI is InChI=1S/C20H17N3O3S/c24-19(12-6-11-18-21-15-9-4-5-10-16(15)27-18)25-13-17-22-23-20(26-17)14-7-2-1-3-8-14/h1-5,7-10H,6,11-13H2. The predicted octanol–water partition coefficient (Wildman–Crippen LogP) is 4.41. The second-order valence-electron chi connectivity index (χ2n) is 5.96. The molecule has 0 aliphatic carbocycles. The number of para-hydroxylation sites is 1. The lowest BCUT2D eigenvalue weighted by Crippen LogP contribution is -2.05. The molecule has 27 heavy (non-hydrogen) atoms. The van der Waals surface area contributed by atoms with E-state index in [4.69, 9.17) is 9.15 Å². The first-order chi connectivity index (χ1) is 13.3. The van der Waals surface area contributed by atoms with E-state index in [1.54, 1.807) is 11.3 Å². The smallest absolute Gasteiger partial charge is 0.306 e. The molecule has 0 radical (unpaired) electrons. The molecule has 4 aromatic rings. The Hall–Kier alpha value is -3.06. The van der Waals surface area contributed by atoms with Crippen molar-refractivity contribution >= 4 is 27.5 Å². The number of aromatic nitrogens is 3. The van der Waals surface area contributed by atoms with Gasteiger partial charge < -0.3 is 9.15 Å². The van der Waals surface area contributed by atoms with Crippen molar-refractivity contribution < 1.29 is 13.9 Å². The Balaban J connectivity index is 1.23. The van der Waals surface area contributed by atoms with Crippen LogP contribution in [-0.2, 0) is 22.6 Å². The fourth-order valence-corrected chi connectivity index (χ4v) is 3.64. The summed E-state index contributed by atoms with van der Waals surface area (Å²) in [5.41, 5.74) is 1.84. The van der Waals surface area contributed by atoms with Crippen molar-refractivity contribution in [2.75, 3.05) is 0 Å². The van der Waals surface area contributed by atoms with Gasteiger partial charge in [0, 0.05) is 12.0 Å². The van der Waals surface area contributed by atoms with E-state index in [-0.39, 0.29) is 18.5 Å². The number of aryl methyl sites for hydroxylation is 1. The van der Waals surface area contributed by atoms with Crippen LogP contribution in [0.3, 0.4) is 0 Å². The number of thiazole rings is 1. The predicted molar refractivity (Wildman–Crippen MR) is 102 cm³/mol. The second-order valence-corrected chi connectivity index (χ2v) is 7.07. The largest absolute Gasteiger partial charge is 0.456 e. The van der Waals surface area contributed by atoms with Crippen molar-refractivity contribution in [1.82, 2.24) is 15.2 Å². The minimum atomic E-state index is -0.282. The summed E-state index contributed by atoms with van der Waals surface area (Å²) >= 11 is 1.66. The lowest BCUT2D eigenvalue weighted by atomic mass is 10.2. The summed E-state index contributed by atoms with van der Waals surface area (Å²) in [5, 5.41) is 8.92. The number of esters is 1. The summed E-state index contributed by atoms with van der Waals surface area (Å²) in [6.07, 6.45) is 1.78. The van der Waals surface area contributed by atoms with Crippen LogP contribution < -0.4 is 0 Å². The van der Waals surface area contributed by atoms with Gasteiger partial charge in [-0.2, -0.15) is 0 Å². The van der Waals surface area contributed by atoms with Crippen molar-refractivity contribution in [1.29, 1.82) is 0 Å². The normalized spacial score (nSPS) is 11.0. The van der Waals surface area contributed by atoms with Crippen LogP contribution in [0.2, 0.25) is 0 Å². The van der Waals surface area contributed by atoms with E-state index < -0.39 is 0 Å². The molecule has 6 nitrogen and oxygen atoms in total. The van der Waals surface area contributed by atoms with Crippen LogP contribution in [0.15, 0.2) is 59.0 Å². The molecule has 2 aromatic heterocycles. The zero-order valence-corrected chi connectivity index (χ0v) is 15.3. The van der Waals surface area contributed by atoms with Gasteiger partial charge in [0.05, 0.1) is 15.2 Å². The van der Waals surface area contributed by atoms with E-state index >= 15 is 0 Å². The van der Waals surface area contributed by atoms with Crippen molar-refractivity contribution in [2.24, 2.45) is 0 Å². The maximum atomic E-state index is 11.9. The fraction of sp³-hybridized carbons (Fsp3) is 0.200. The molecule has 0 atom stereocenters. The van der Waals surface area contributed by atoms with E-state index in [1.807, 2.05) is 48.5 Å². The molecule has 0 aliphatic heterocycles. The van der Waals surface area contributed by atoms with Crippen LogP contribution in [-0.4, -0.2) is 21.2 Å². The Morgan fingerprint density at radius 2 is 1.85 bits per heavy atom. The highest BCUT2D eigenvalue weighted by Crippen LogP contribution is 2.23. The third-order valence-electron chi connectivity index (χ3n) is 3.95. The third-order valence-corrected chi connectivity index (χ3v) is 5.05. The minimum Gasteiger partial charge on any atom is -0.456 e. The van der Waals surface area contributed by atoms with Crippen LogP contribution in [0.4, 0.5) is 0 Å². The number of fused-ring (bicyclic) bond motifs is 1. The highest BCUT2D eigenvalue weighted by atomic mass is 32.1. The molecule has 0 amide bonds. The minimum absolute atomic E-state index is 0.0141. The highest BCUT2D eigenvalue weighted by molar-refractivity contribution is 7.18. The molecule has 0 aliphatic rings. The zero-order chi connectivity index (χ0) is 18.5. The van der Waals surface area contributed by atoms with E-state index in [0.717, 1.165) is 22.5 Å². The molecule has 0 saturated carbocycles. The summed E-state index contributed by atoms with van der Waals surface area (Å²) in [6, 6.07) is 17.5. The highest BCUT2D eigenvalue weighted by Gasteiger charge is 2.11. The van der Waals surface area contributed by atoms with Gasteiger partial charge in [0.15, 0.2) is 6.61 Å².